The van der Waals surface area contributed by atoms with Crippen LogP contribution < -0.4 is 11.1 Å². The van der Waals surface area contributed by atoms with Gasteiger partial charge in [0.1, 0.15) is 6.04 Å². The summed E-state index contributed by atoms with van der Waals surface area (Å²) in [5.41, 5.74) is 6.27. The van der Waals surface area contributed by atoms with Crippen molar-refractivity contribution < 1.29 is 19.8 Å². The summed E-state index contributed by atoms with van der Waals surface area (Å²) in [7, 11) is 0. The number of rotatable bonds is 6. The molecule has 0 aliphatic carbocycles. The third kappa shape index (κ3) is 7.23. The van der Waals surface area contributed by atoms with Crippen LogP contribution in [0.4, 0.5) is 4.79 Å². The molecule has 1 atom stereocenters. The molecule has 1 heterocycles. The quantitative estimate of drug-likeness (QED) is 0.604. The monoisotopic (exact) mass is 319 g/mol. The summed E-state index contributed by atoms with van der Waals surface area (Å²) in [6, 6.07) is 11.1. The summed E-state index contributed by atoms with van der Waals surface area (Å²) in [6.07, 6.45) is 2.07. The van der Waals surface area contributed by atoms with E-state index in [1.165, 1.54) is 5.39 Å². The minimum Gasteiger partial charge on any atom is -0.480 e. The van der Waals surface area contributed by atoms with Gasteiger partial charge in [-0.15, -0.1) is 0 Å². The van der Waals surface area contributed by atoms with Gasteiger partial charge in [-0.1, -0.05) is 24.3 Å². The van der Waals surface area contributed by atoms with Crippen molar-refractivity contribution >= 4 is 23.0 Å². The summed E-state index contributed by atoms with van der Waals surface area (Å²) in [4.78, 5) is 24.8. The van der Waals surface area contributed by atoms with Crippen molar-refractivity contribution in [3.63, 3.8) is 0 Å². The zero-order valence-electron chi connectivity index (χ0n) is 12.7. The summed E-state index contributed by atoms with van der Waals surface area (Å²) in [5.74, 6) is -1.15. The minimum atomic E-state index is -1.32. The van der Waals surface area contributed by atoms with E-state index in [1.807, 2.05) is 35.8 Å². The number of amides is 1. The molecule has 0 aliphatic heterocycles. The molecule has 0 aliphatic rings. The lowest BCUT2D eigenvalue weighted by Gasteiger charge is -2.10. The second-order valence-electron chi connectivity index (χ2n) is 4.82. The number of nitrogens with zero attached hydrogens (tertiary/aromatic N) is 1. The molecule has 0 bridgehead atoms. The van der Waals surface area contributed by atoms with Crippen LogP contribution in [0.15, 0.2) is 42.6 Å². The van der Waals surface area contributed by atoms with Crippen molar-refractivity contribution in [1.29, 1.82) is 0 Å². The molecule has 2 rings (SSSR count). The van der Waals surface area contributed by atoms with Gasteiger partial charge < -0.3 is 21.3 Å². The van der Waals surface area contributed by atoms with Crippen LogP contribution in [0.1, 0.15) is 19.3 Å². The van der Waals surface area contributed by atoms with Gasteiger partial charge in [0.25, 0.3) is 0 Å². The van der Waals surface area contributed by atoms with Crippen LogP contribution in [-0.4, -0.2) is 39.8 Å². The van der Waals surface area contributed by atoms with Gasteiger partial charge in [-0.25, -0.2) is 9.59 Å². The van der Waals surface area contributed by atoms with E-state index in [0.717, 1.165) is 5.52 Å². The highest BCUT2D eigenvalue weighted by atomic mass is 16.4. The number of hydrogen-bond donors (Lipinski definition) is 4. The first-order valence-electron chi connectivity index (χ1n) is 7.26. The first kappa shape index (κ1) is 18.4. The highest BCUT2D eigenvalue weighted by Crippen LogP contribution is 2.07. The van der Waals surface area contributed by atoms with Gasteiger partial charge in [-0.05, 0) is 37.9 Å². The third-order valence-corrected chi connectivity index (χ3v) is 3.05. The molecule has 23 heavy (non-hydrogen) atoms. The van der Waals surface area contributed by atoms with E-state index in [0.29, 0.717) is 19.4 Å². The molecule has 1 aromatic carbocycles. The summed E-state index contributed by atoms with van der Waals surface area (Å²) in [5, 5.41) is 20.0. The Kier molecular flexibility index (Phi) is 8.09. The molecule has 1 unspecified atom stereocenters. The third-order valence-electron chi connectivity index (χ3n) is 3.05. The first-order valence-corrected chi connectivity index (χ1v) is 7.26. The minimum absolute atomic E-state index is 0.277. The fourth-order valence-electron chi connectivity index (χ4n) is 1.92. The Morgan fingerprint density at radius 2 is 1.83 bits per heavy atom. The predicted molar refractivity (Wildman–Crippen MR) is 87.2 cm³/mol. The highest BCUT2D eigenvalue weighted by Gasteiger charge is 2.18. The number of nitrogens with two attached hydrogens (primary N) is 1. The normalized spacial score (nSPS) is 11.2. The molecule has 5 N–H and O–H groups in total. The van der Waals surface area contributed by atoms with Crippen molar-refractivity contribution in [2.45, 2.75) is 25.3 Å². The molecule has 1 aromatic heterocycles. The maximum absolute atomic E-state index is 10.5. The Bertz CT molecular complexity index is 568. The SMILES string of the molecule is NCCCCC(NC(=O)O)C(=O)O.c1ccc2ncccc2c1. The van der Waals surface area contributed by atoms with Gasteiger partial charge in [-0.3, -0.25) is 4.98 Å². The average molecular weight is 319 g/mol. The van der Waals surface area contributed by atoms with Crippen molar-refractivity contribution in [2.75, 3.05) is 6.54 Å². The lowest BCUT2D eigenvalue weighted by Crippen LogP contribution is -2.39. The van der Waals surface area contributed by atoms with E-state index in [4.69, 9.17) is 15.9 Å². The Morgan fingerprint density at radius 1 is 1.13 bits per heavy atom. The molecule has 0 saturated carbocycles. The maximum atomic E-state index is 10.5. The largest absolute Gasteiger partial charge is 0.480 e. The van der Waals surface area contributed by atoms with Crippen molar-refractivity contribution in [3.05, 3.63) is 42.6 Å². The second-order valence-corrected chi connectivity index (χ2v) is 4.82. The molecule has 0 radical (unpaired) electrons. The summed E-state index contributed by atoms with van der Waals surface area (Å²) in [6.45, 7) is 0.486. The molecule has 7 nitrogen and oxygen atoms in total. The number of pyridine rings is 1. The lowest BCUT2D eigenvalue weighted by atomic mass is 10.1. The predicted octanol–water partition coefficient (Wildman–Crippen LogP) is 2.07. The van der Waals surface area contributed by atoms with Gasteiger partial charge in [0.05, 0.1) is 5.52 Å². The zero-order chi connectivity index (χ0) is 17.1. The highest BCUT2D eigenvalue weighted by molar-refractivity contribution is 5.79. The van der Waals surface area contributed by atoms with Crippen molar-refractivity contribution in [2.24, 2.45) is 5.73 Å². The zero-order valence-corrected chi connectivity index (χ0v) is 12.7. The van der Waals surface area contributed by atoms with Crippen LogP contribution in [0.3, 0.4) is 0 Å². The average Bonchev–Trinajstić information content (AvgIpc) is 2.54. The summed E-state index contributed by atoms with van der Waals surface area (Å²) >= 11 is 0. The number of aromatic nitrogens is 1. The number of aliphatic carboxylic acids is 1. The number of benzene rings is 1. The fourth-order valence-corrected chi connectivity index (χ4v) is 1.92. The Hall–Kier alpha value is -2.67. The van der Waals surface area contributed by atoms with Gasteiger partial charge in [0.15, 0.2) is 0 Å². The Labute approximate surface area is 134 Å². The summed E-state index contributed by atoms with van der Waals surface area (Å²) < 4.78 is 0. The van der Waals surface area contributed by atoms with Crippen LogP contribution in [0.5, 0.6) is 0 Å². The molecule has 0 fully saturated rings. The van der Waals surface area contributed by atoms with Gasteiger partial charge >= 0.3 is 12.1 Å². The maximum Gasteiger partial charge on any atom is 0.405 e. The molecule has 7 heteroatoms. The number of carboxylic acid groups (broad SMARTS) is 2. The molecule has 1 amide bonds. The lowest BCUT2D eigenvalue weighted by molar-refractivity contribution is -0.139. The van der Waals surface area contributed by atoms with Crippen molar-refractivity contribution in [3.8, 4) is 0 Å². The van der Waals surface area contributed by atoms with Gasteiger partial charge in [-0.2, -0.15) is 0 Å². The topological polar surface area (TPSA) is 126 Å². The Balaban J connectivity index is 0.000000235. The Morgan fingerprint density at radius 3 is 2.43 bits per heavy atom. The van der Waals surface area contributed by atoms with E-state index >= 15 is 0 Å². The molecular formula is C16H21N3O4. The van der Waals surface area contributed by atoms with E-state index in [-0.39, 0.29) is 6.42 Å². The fraction of sp³-hybridized carbons (Fsp3) is 0.312. The number of carbonyl (C=O) groups is 2. The van der Waals surface area contributed by atoms with Crippen LogP contribution in [-0.2, 0) is 4.79 Å². The van der Waals surface area contributed by atoms with E-state index in [9.17, 15) is 9.59 Å². The molecule has 0 saturated heterocycles. The number of unbranched alkanes of at least 4 members (excludes halogenated alkanes) is 1. The van der Waals surface area contributed by atoms with Crippen LogP contribution in [0, 0.1) is 0 Å². The molecule has 124 valence electrons. The van der Waals surface area contributed by atoms with E-state index in [2.05, 4.69) is 17.1 Å². The molecule has 2 aromatic rings. The number of hydrogen-bond acceptors (Lipinski definition) is 4. The van der Waals surface area contributed by atoms with E-state index < -0.39 is 18.1 Å². The van der Waals surface area contributed by atoms with Crippen LogP contribution in [0.25, 0.3) is 10.9 Å². The first-order chi connectivity index (χ1) is 11.0. The molecule has 0 spiro atoms. The van der Waals surface area contributed by atoms with Crippen LogP contribution in [0.2, 0.25) is 0 Å². The van der Waals surface area contributed by atoms with Crippen molar-refractivity contribution in [1.82, 2.24) is 10.3 Å². The number of para-hydroxylation sites is 1. The smallest absolute Gasteiger partial charge is 0.405 e. The number of fused-ring (bicyclic) bond motifs is 1. The van der Waals surface area contributed by atoms with E-state index in [1.54, 1.807) is 0 Å². The molecular weight excluding hydrogens is 298 g/mol. The number of nitrogens with one attached hydrogen (secondary N) is 1. The number of carboxylic acids is 1. The standard InChI is InChI=1S/C9H7N.C7H14N2O4/c1-2-6-9-8(4-1)5-3-7-10-9;8-4-2-1-3-5(6(10)11)9-7(12)13/h1-7H;5,9H,1-4,8H2,(H,10,11)(H,12,13). The second kappa shape index (κ2) is 10.1. The van der Waals surface area contributed by atoms with Gasteiger partial charge in [0, 0.05) is 11.6 Å². The van der Waals surface area contributed by atoms with Gasteiger partial charge in [0.2, 0.25) is 0 Å². The van der Waals surface area contributed by atoms with Crippen LogP contribution >= 0.6 is 0 Å².